The minimum absolute atomic E-state index is 0.0791. The molecule has 0 unspecified atom stereocenters. The van der Waals surface area contributed by atoms with E-state index in [4.69, 9.17) is 14.2 Å². The summed E-state index contributed by atoms with van der Waals surface area (Å²) in [4.78, 5) is 11.6. The molecule has 4 heteroatoms. The number of carbonyl (C=O) groups excluding carboxylic acids is 1. The molecule has 0 aromatic carbocycles. The highest BCUT2D eigenvalue weighted by atomic mass is 16.7. The van der Waals surface area contributed by atoms with E-state index >= 15 is 0 Å². The van der Waals surface area contributed by atoms with Crippen molar-refractivity contribution in [3.05, 3.63) is 11.1 Å². The predicted octanol–water partition coefficient (Wildman–Crippen LogP) is 6.67. The summed E-state index contributed by atoms with van der Waals surface area (Å²) in [6, 6.07) is 0. The number of carbonyl (C=O) groups is 1. The highest BCUT2D eigenvalue weighted by Gasteiger charge is 2.68. The van der Waals surface area contributed by atoms with Crippen LogP contribution in [0, 0.1) is 46.3 Å². The maximum absolute atomic E-state index is 11.6. The summed E-state index contributed by atoms with van der Waals surface area (Å²) >= 11 is 0. The van der Waals surface area contributed by atoms with Gasteiger partial charge in [-0.2, -0.15) is 0 Å². The Hall–Kier alpha value is -0.870. The SMILES string of the molecule is CC(=O)O[C@H]1CC[C@@]2(C)C(=C(C)C[C@@H]3[C@@H]4C[C@@H]5O[C@]6(CC[C@@H](C)CO6)[C@@H](C)[C@H]5[C@@]4(C)CC[C@@H]32)C1. The second-order valence-electron chi connectivity index (χ2n) is 13.7. The molecular formula is C30H46O4. The molecule has 0 N–H and O–H groups in total. The normalized spacial score (nSPS) is 54.3. The van der Waals surface area contributed by atoms with Gasteiger partial charge in [0.15, 0.2) is 5.79 Å². The lowest BCUT2D eigenvalue weighted by Crippen LogP contribution is -2.53. The number of ether oxygens (including phenoxy) is 3. The third-order valence-corrected chi connectivity index (χ3v) is 12.0. The van der Waals surface area contributed by atoms with E-state index in [0.717, 1.165) is 50.0 Å². The van der Waals surface area contributed by atoms with E-state index in [0.29, 0.717) is 29.3 Å². The number of fused-ring (bicyclic) bond motifs is 7. The third kappa shape index (κ3) is 3.19. The molecule has 0 aromatic heterocycles. The van der Waals surface area contributed by atoms with Crippen LogP contribution in [0.2, 0.25) is 0 Å². The largest absolute Gasteiger partial charge is 0.462 e. The lowest BCUT2D eigenvalue weighted by molar-refractivity contribution is -0.272. The molecule has 1 spiro atoms. The van der Waals surface area contributed by atoms with Crippen LogP contribution in [-0.2, 0) is 19.0 Å². The molecule has 4 nitrogen and oxygen atoms in total. The molecule has 5 fully saturated rings. The summed E-state index contributed by atoms with van der Waals surface area (Å²) in [5.74, 6) is 3.61. The first-order valence-electron chi connectivity index (χ1n) is 14.3. The zero-order valence-electron chi connectivity index (χ0n) is 22.3. The molecule has 2 saturated heterocycles. The average molecular weight is 471 g/mol. The monoisotopic (exact) mass is 470 g/mol. The molecular weight excluding hydrogens is 424 g/mol. The van der Waals surface area contributed by atoms with Gasteiger partial charge < -0.3 is 14.2 Å². The van der Waals surface area contributed by atoms with Gasteiger partial charge in [-0.25, -0.2) is 0 Å². The summed E-state index contributed by atoms with van der Waals surface area (Å²) in [6.07, 6.45) is 11.0. The lowest BCUT2D eigenvalue weighted by Gasteiger charge is -2.59. The van der Waals surface area contributed by atoms with Crippen molar-refractivity contribution >= 4 is 5.97 Å². The fraction of sp³-hybridized carbons (Fsp3) is 0.900. The smallest absolute Gasteiger partial charge is 0.302 e. The van der Waals surface area contributed by atoms with Crippen LogP contribution in [-0.4, -0.2) is 30.6 Å². The molecule has 0 amide bonds. The second kappa shape index (κ2) is 7.81. The van der Waals surface area contributed by atoms with E-state index in [9.17, 15) is 4.79 Å². The van der Waals surface area contributed by atoms with Gasteiger partial charge in [-0.1, -0.05) is 38.8 Å². The Labute approximate surface area is 206 Å². The number of esters is 1. The van der Waals surface area contributed by atoms with E-state index < -0.39 is 0 Å². The van der Waals surface area contributed by atoms with Crippen molar-refractivity contribution in [3.8, 4) is 0 Å². The Morgan fingerprint density at radius 3 is 2.53 bits per heavy atom. The van der Waals surface area contributed by atoms with Crippen molar-refractivity contribution in [1.82, 2.24) is 0 Å². The quantitative estimate of drug-likeness (QED) is 0.317. The second-order valence-corrected chi connectivity index (χ2v) is 13.7. The van der Waals surface area contributed by atoms with Crippen molar-refractivity contribution in [1.29, 1.82) is 0 Å². The van der Waals surface area contributed by atoms with E-state index in [1.807, 2.05) is 0 Å². The molecule has 11 atom stereocenters. The van der Waals surface area contributed by atoms with E-state index in [2.05, 4.69) is 34.6 Å². The number of rotatable bonds is 1. The highest BCUT2D eigenvalue weighted by molar-refractivity contribution is 5.66. The van der Waals surface area contributed by atoms with Gasteiger partial charge in [0.25, 0.3) is 0 Å². The Balaban J connectivity index is 1.26. The Morgan fingerprint density at radius 1 is 1.03 bits per heavy atom. The molecule has 2 heterocycles. The molecule has 6 aliphatic rings. The van der Waals surface area contributed by atoms with Crippen LogP contribution in [0.5, 0.6) is 0 Å². The molecule has 0 radical (unpaired) electrons. The molecule has 190 valence electrons. The summed E-state index contributed by atoms with van der Waals surface area (Å²) in [5, 5.41) is 0. The predicted molar refractivity (Wildman–Crippen MR) is 132 cm³/mol. The minimum Gasteiger partial charge on any atom is -0.462 e. The van der Waals surface area contributed by atoms with Crippen molar-refractivity contribution in [3.63, 3.8) is 0 Å². The Morgan fingerprint density at radius 2 is 1.82 bits per heavy atom. The Kier molecular flexibility index (Phi) is 5.41. The van der Waals surface area contributed by atoms with Crippen LogP contribution >= 0.6 is 0 Å². The summed E-state index contributed by atoms with van der Waals surface area (Å²) in [6.45, 7) is 14.7. The van der Waals surface area contributed by atoms with Crippen LogP contribution in [0.1, 0.15) is 99.3 Å². The minimum atomic E-state index is -0.316. The Bertz CT molecular complexity index is 884. The van der Waals surface area contributed by atoms with E-state index in [1.54, 1.807) is 18.1 Å². The third-order valence-electron chi connectivity index (χ3n) is 12.0. The zero-order chi connectivity index (χ0) is 24.0. The molecule has 0 aromatic rings. The van der Waals surface area contributed by atoms with Gasteiger partial charge in [-0.15, -0.1) is 0 Å². The number of hydrogen-bond acceptors (Lipinski definition) is 4. The van der Waals surface area contributed by atoms with Crippen LogP contribution in [0.4, 0.5) is 0 Å². The summed E-state index contributed by atoms with van der Waals surface area (Å²) < 4.78 is 19.1. The van der Waals surface area contributed by atoms with Crippen molar-refractivity contribution in [2.24, 2.45) is 46.3 Å². The topological polar surface area (TPSA) is 44.8 Å². The van der Waals surface area contributed by atoms with Gasteiger partial charge in [0, 0.05) is 25.7 Å². The molecule has 6 rings (SSSR count). The van der Waals surface area contributed by atoms with Gasteiger partial charge in [0.1, 0.15) is 6.10 Å². The maximum atomic E-state index is 11.6. The van der Waals surface area contributed by atoms with E-state index in [1.165, 1.54) is 32.1 Å². The van der Waals surface area contributed by atoms with Crippen LogP contribution < -0.4 is 0 Å². The highest BCUT2D eigenvalue weighted by Crippen LogP contribution is 2.71. The van der Waals surface area contributed by atoms with Gasteiger partial charge >= 0.3 is 5.97 Å². The first-order chi connectivity index (χ1) is 16.1. The number of hydrogen-bond donors (Lipinski definition) is 0. The lowest BCUT2D eigenvalue weighted by atomic mass is 9.46. The van der Waals surface area contributed by atoms with Crippen molar-refractivity contribution in [2.45, 2.75) is 117 Å². The average Bonchev–Trinajstić information content (AvgIpc) is 3.22. The molecule has 2 aliphatic heterocycles. The van der Waals surface area contributed by atoms with Gasteiger partial charge in [-0.3, -0.25) is 4.79 Å². The van der Waals surface area contributed by atoms with Crippen LogP contribution in [0.3, 0.4) is 0 Å². The van der Waals surface area contributed by atoms with Gasteiger partial charge in [0.2, 0.25) is 0 Å². The summed E-state index contributed by atoms with van der Waals surface area (Å²) in [7, 11) is 0. The first kappa shape index (κ1) is 23.5. The first-order valence-corrected chi connectivity index (χ1v) is 14.3. The van der Waals surface area contributed by atoms with E-state index in [-0.39, 0.29) is 23.3 Å². The molecule has 34 heavy (non-hydrogen) atoms. The van der Waals surface area contributed by atoms with Crippen LogP contribution in [0.15, 0.2) is 11.1 Å². The molecule has 3 saturated carbocycles. The summed E-state index contributed by atoms with van der Waals surface area (Å²) in [5.41, 5.74) is 3.86. The van der Waals surface area contributed by atoms with Crippen molar-refractivity contribution < 1.29 is 19.0 Å². The number of allylic oxidation sites excluding steroid dienone is 1. The van der Waals surface area contributed by atoms with Crippen molar-refractivity contribution in [2.75, 3.05) is 6.61 Å². The molecule has 0 bridgehead atoms. The maximum Gasteiger partial charge on any atom is 0.302 e. The van der Waals surface area contributed by atoms with Gasteiger partial charge in [0.05, 0.1) is 12.7 Å². The fourth-order valence-corrected chi connectivity index (χ4v) is 10.4. The van der Waals surface area contributed by atoms with Gasteiger partial charge in [-0.05, 0) is 92.3 Å². The molecule has 4 aliphatic carbocycles. The fourth-order valence-electron chi connectivity index (χ4n) is 10.4. The standard InChI is InChI=1S/C30H46O4/c1-17-7-12-30(32-16-17)19(3)27-26(34-30)15-25-22-13-18(2)24-14-21(33-20(4)31)8-10-28(24,5)23(22)9-11-29(25,27)6/h17,19,21-23,25-27H,7-16H2,1-6H3/t17-,19+,21+,22+,23+,25+,26+,27-,28-,29+,30-/m1/s1. The van der Waals surface area contributed by atoms with Crippen LogP contribution in [0.25, 0.3) is 0 Å². The zero-order valence-corrected chi connectivity index (χ0v) is 22.3.